The number of anilines is 1. The van der Waals surface area contributed by atoms with E-state index in [9.17, 15) is 9.59 Å². The van der Waals surface area contributed by atoms with Gasteiger partial charge in [0.15, 0.2) is 0 Å². The lowest BCUT2D eigenvalue weighted by Gasteiger charge is -2.29. The van der Waals surface area contributed by atoms with E-state index in [0.29, 0.717) is 25.0 Å². The van der Waals surface area contributed by atoms with E-state index in [1.165, 1.54) is 39.2 Å². The molecular formula is C25H25N3O2S3. The van der Waals surface area contributed by atoms with Crippen LogP contribution in [-0.2, 0) is 11.3 Å². The first-order chi connectivity index (χ1) is 15.8. The second kappa shape index (κ2) is 9.67. The highest BCUT2D eigenvalue weighted by atomic mass is 32.2. The van der Waals surface area contributed by atoms with Crippen molar-refractivity contribution in [2.45, 2.75) is 27.3 Å². The molecule has 2 aromatic rings. The molecule has 0 aliphatic carbocycles. The standard InChI is InChI=1S/C25H25N3O2S3/c1-5-27-18(14-12-17-9-7-8-10-19(17)27)13-11-16(3)15-20-22(29)28(6-2)24(32-20)21-23(30)26(4)25(31)33-21/h7-15H,5-6H2,1-4H3/b16-11+,18-13+,20-15-,24-21-. The van der Waals surface area contributed by atoms with Crippen LogP contribution in [0.4, 0.5) is 5.69 Å². The SMILES string of the molecule is CCN1/C(=C/C=C(C)/C=c2\s/c(=C3\SC(=S)N(C)C3=O)n(CC)c2=O)C=Cc2ccccc21. The van der Waals surface area contributed by atoms with E-state index in [1.54, 1.807) is 11.6 Å². The van der Waals surface area contributed by atoms with Crippen molar-refractivity contribution < 1.29 is 4.79 Å². The molecule has 8 heteroatoms. The first kappa shape index (κ1) is 23.5. The average Bonchev–Trinajstić information content (AvgIpc) is 3.26. The number of thiazole rings is 1. The monoisotopic (exact) mass is 495 g/mol. The Morgan fingerprint density at radius 3 is 2.55 bits per heavy atom. The van der Waals surface area contributed by atoms with Crippen LogP contribution in [0, 0.1) is 0 Å². The van der Waals surface area contributed by atoms with E-state index in [1.807, 2.05) is 32.1 Å². The number of amides is 1. The number of thioether (sulfide) groups is 1. The molecule has 1 saturated heterocycles. The molecule has 0 unspecified atom stereocenters. The third kappa shape index (κ3) is 4.43. The molecule has 0 spiro atoms. The summed E-state index contributed by atoms with van der Waals surface area (Å²) in [6, 6.07) is 8.34. The quantitative estimate of drug-likeness (QED) is 0.606. The van der Waals surface area contributed by atoms with Crippen LogP contribution in [-0.4, -0.2) is 33.3 Å². The third-order valence-electron chi connectivity index (χ3n) is 5.55. The molecule has 1 fully saturated rings. The largest absolute Gasteiger partial charge is 0.341 e. The Bertz CT molecular complexity index is 1410. The zero-order valence-electron chi connectivity index (χ0n) is 19.0. The predicted octanol–water partition coefficient (Wildman–Crippen LogP) is 3.69. The van der Waals surface area contributed by atoms with Crippen molar-refractivity contribution in [2.24, 2.45) is 0 Å². The molecule has 0 N–H and O–H groups in total. The zero-order chi connectivity index (χ0) is 23.7. The summed E-state index contributed by atoms with van der Waals surface area (Å²) in [4.78, 5) is 29.9. The molecule has 0 saturated carbocycles. The first-order valence-electron chi connectivity index (χ1n) is 10.7. The fourth-order valence-corrected chi connectivity index (χ4v) is 6.35. The number of fused-ring (bicyclic) bond motifs is 1. The smallest absolute Gasteiger partial charge is 0.269 e. The Morgan fingerprint density at radius 2 is 1.88 bits per heavy atom. The molecule has 0 bridgehead atoms. The van der Waals surface area contributed by atoms with Crippen LogP contribution in [0.3, 0.4) is 0 Å². The summed E-state index contributed by atoms with van der Waals surface area (Å²) in [6.45, 7) is 7.38. The summed E-state index contributed by atoms with van der Waals surface area (Å²) in [5.41, 5.74) is 4.37. The number of carbonyl (C=O) groups is 1. The Labute approximate surface area is 206 Å². The summed E-state index contributed by atoms with van der Waals surface area (Å²) in [5.74, 6) is -0.152. The predicted molar refractivity (Wildman–Crippen MR) is 145 cm³/mol. The molecule has 3 heterocycles. The van der Waals surface area contributed by atoms with E-state index >= 15 is 0 Å². The number of rotatable bonds is 4. The van der Waals surface area contributed by atoms with Crippen molar-refractivity contribution in [1.82, 2.24) is 9.47 Å². The van der Waals surface area contributed by atoms with Gasteiger partial charge >= 0.3 is 0 Å². The van der Waals surface area contributed by atoms with Crippen LogP contribution in [0.2, 0.25) is 0 Å². The number of allylic oxidation sites excluding steroid dienone is 4. The van der Waals surface area contributed by atoms with Crippen molar-refractivity contribution in [2.75, 3.05) is 18.5 Å². The van der Waals surface area contributed by atoms with Crippen LogP contribution < -0.4 is 19.7 Å². The van der Waals surface area contributed by atoms with Crippen LogP contribution in [0.5, 0.6) is 0 Å². The maximum atomic E-state index is 13.0. The molecule has 170 valence electrons. The molecule has 1 aromatic heterocycles. The molecule has 4 rings (SSSR count). The number of thiocarbonyl (C=S) groups is 1. The fraction of sp³-hybridized carbons (Fsp3) is 0.240. The number of benzene rings is 1. The maximum absolute atomic E-state index is 13.0. The zero-order valence-corrected chi connectivity index (χ0v) is 21.4. The Kier molecular flexibility index (Phi) is 6.88. The first-order valence-corrected chi connectivity index (χ1v) is 12.8. The molecule has 2 aliphatic rings. The van der Waals surface area contributed by atoms with Gasteiger partial charge < -0.3 is 4.90 Å². The lowest BCUT2D eigenvalue weighted by Crippen LogP contribution is -2.32. The van der Waals surface area contributed by atoms with Gasteiger partial charge in [-0.05, 0) is 56.2 Å². The van der Waals surface area contributed by atoms with Gasteiger partial charge in [0.25, 0.3) is 11.5 Å². The maximum Gasteiger partial charge on any atom is 0.269 e. The van der Waals surface area contributed by atoms with Crippen molar-refractivity contribution in [3.63, 3.8) is 0 Å². The van der Waals surface area contributed by atoms with E-state index in [2.05, 4.69) is 48.3 Å². The normalized spacial score (nSPS) is 19.8. The molecule has 1 amide bonds. The van der Waals surface area contributed by atoms with Gasteiger partial charge in [0.05, 0.1) is 4.53 Å². The van der Waals surface area contributed by atoms with Crippen molar-refractivity contribution in [3.05, 3.63) is 78.9 Å². The molecule has 2 aliphatic heterocycles. The van der Waals surface area contributed by atoms with Gasteiger partial charge in [-0.1, -0.05) is 54.3 Å². The third-order valence-corrected chi connectivity index (χ3v) is 8.35. The highest BCUT2D eigenvalue weighted by Crippen LogP contribution is 2.31. The highest BCUT2D eigenvalue weighted by molar-refractivity contribution is 8.30. The lowest BCUT2D eigenvalue weighted by molar-refractivity contribution is -0.119. The van der Waals surface area contributed by atoms with Gasteiger partial charge in [-0.2, -0.15) is 0 Å². The molecule has 0 atom stereocenters. The molecule has 1 aromatic carbocycles. The second-order valence-electron chi connectivity index (χ2n) is 7.67. The minimum atomic E-state index is -0.152. The van der Waals surface area contributed by atoms with E-state index in [4.69, 9.17) is 12.2 Å². The average molecular weight is 496 g/mol. The van der Waals surface area contributed by atoms with Crippen LogP contribution in [0.25, 0.3) is 17.1 Å². The minimum Gasteiger partial charge on any atom is -0.341 e. The number of para-hydroxylation sites is 1. The van der Waals surface area contributed by atoms with Gasteiger partial charge in [0, 0.05) is 31.5 Å². The van der Waals surface area contributed by atoms with Gasteiger partial charge in [-0.15, -0.1) is 11.3 Å². The van der Waals surface area contributed by atoms with Crippen molar-refractivity contribution in [3.8, 4) is 0 Å². The van der Waals surface area contributed by atoms with Gasteiger partial charge in [-0.3, -0.25) is 19.1 Å². The van der Waals surface area contributed by atoms with Crippen molar-refractivity contribution in [1.29, 1.82) is 0 Å². The molecule has 5 nitrogen and oxygen atoms in total. The van der Waals surface area contributed by atoms with Gasteiger partial charge in [0.2, 0.25) is 0 Å². The van der Waals surface area contributed by atoms with Crippen molar-refractivity contribution >= 4 is 68.3 Å². The Balaban J connectivity index is 1.74. The number of aromatic nitrogens is 1. The Hall–Kier alpha value is -2.68. The molecule has 0 radical (unpaired) electrons. The highest BCUT2D eigenvalue weighted by Gasteiger charge is 2.31. The van der Waals surface area contributed by atoms with Crippen LogP contribution in [0.1, 0.15) is 26.3 Å². The number of likely N-dealkylation sites (N-methyl/N-ethyl adjacent to an activating group) is 1. The van der Waals surface area contributed by atoms with E-state index < -0.39 is 0 Å². The summed E-state index contributed by atoms with van der Waals surface area (Å²) < 4.78 is 3.45. The van der Waals surface area contributed by atoms with E-state index in [0.717, 1.165) is 17.8 Å². The second-order valence-corrected chi connectivity index (χ2v) is 10.3. The fourth-order valence-electron chi connectivity index (χ4n) is 3.79. The van der Waals surface area contributed by atoms with Crippen LogP contribution in [0.15, 0.2) is 58.6 Å². The topological polar surface area (TPSA) is 45.5 Å². The Morgan fingerprint density at radius 1 is 1.12 bits per heavy atom. The summed E-state index contributed by atoms with van der Waals surface area (Å²) >= 11 is 7.86. The number of hydrogen-bond donors (Lipinski definition) is 0. The molecule has 33 heavy (non-hydrogen) atoms. The molecular weight excluding hydrogens is 470 g/mol. The number of carbonyl (C=O) groups excluding carboxylic acids is 1. The summed E-state index contributed by atoms with van der Waals surface area (Å²) in [6.07, 6.45) is 10.2. The summed E-state index contributed by atoms with van der Waals surface area (Å²) in [7, 11) is 1.66. The van der Waals surface area contributed by atoms with E-state index in [-0.39, 0.29) is 11.5 Å². The van der Waals surface area contributed by atoms with Gasteiger partial charge in [0.1, 0.15) is 13.9 Å². The summed E-state index contributed by atoms with van der Waals surface area (Å²) in [5, 5.41) is 0. The van der Waals surface area contributed by atoms with Crippen LogP contribution >= 0.6 is 35.3 Å². The minimum absolute atomic E-state index is 0.0825. The number of hydrogen-bond acceptors (Lipinski definition) is 6. The lowest BCUT2D eigenvalue weighted by atomic mass is 10.1. The van der Waals surface area contributed by atoms with Gasteiger partial charge in [-0.25, -0.2) is 0 Å². The number of nitrogens with zero attached hydrogens (tertiary/aromatic N) is 3.